The maximum Gasteiger partial charge on any atom is 0.244 e. The van der Waals surface area contributed by atoms with Gasteiger partial charge in [-0.15, -0.1) is 0 Å². The highest BCUT2D eigenvalue weighted by Gasteiger charge is 2.35. The van der Waals surface area contributed by atoms with Crippen LogP contribution in [0.25, 0.3) is 10.9 Å². The number of aliphatic hydroxyl groups is 1. The summed E-state index contributed by atoms with van der Waals surface area (Å²) in [6.07, 6.45) is 1.53. The molecule has 1 amide bonds. The van der Waals surface area contributed by atoms with Crippen LogP contribution in [0.2, 0.25) is 0 Å². The number of rotatable bonds is 3. The van der Waals surface area contributed by atoms with Gasteiger partial charge in [0, 0.05) is 11.9 Å². The molecule has 0 bridgehead atoms. The molecule has 1 N–H and O–H groups in total. The predicted molar refractivity (Wildman–Crippen MR) is 91.2 cm³/mol. The number of carbonyl (C=O) groups is 1. The van der Waals surface area contributed by atoms with E-state index < -0.39 is 6.10 Å². The summed E-state index contributed by atoms with van der Waals surface area (Å²) in [7, 11) is 0. The van der Waals surface area contributed by atoms with Crippen LogP contribution in [0, 0.1) is 5.82 Å². The molecule has 4 rings (SSSR count). The summed E-state index contributed by atoms with van der Waals surface area (Å²) in [6.45, 7) is 0.339. The third kappa shape index (κ3) is 3.00. The fraction of sp³-hybridized carbons (Fsp3) is 0.263. The molecule has 1 aromatic heterocycles. The van der Waals surface area contributed by atoms with Gasteiger partial charge >= 0.3 is 0 Å². The van der Waals surface area contributed by atoms with Crippen LogP contribution >= 0.6 is 0 Å². The third-order valence-corrected chi connectivity index (χ3v) is 4.67. The van der Waals surface area contributed by atoms with Crippen molar-refractivity contribution in [1.29, 1.82) is 0 Å². The van der Waals surface area contributed by atoms with Gasteiger partial charge in [-0.1, -0.05) is 30.3 Å². The van der Waals surface area contributed by atoms with Gasteiger partial charge in [-0.25, -0.2) is 4.39 Å². The van der Waals surface area contributed by atoms with Gasteiger partial charge < -0.3 is 10.0 Å². The number of aliphatic hydroxyl groups excluding tert-OH is 1. The van der Waals surface area contributed by atoms with Crippen molar-refractivity contribution < 1.29 is 14.3 Å². The molecule has 128 valence electrons. The maximum atomic E-state index is 13.5. The van der Waals surface area contributed by atoms with Crippen molar-refractivity contribution in [3.8, 4) is 0 Å². The van der Waals surface area contributed by atoms with Gasteiger partial charge in [0.1, 0.15) is 12.4 Å². The molecule has 0 spiro atoms. The van der Waals surface area contributed by atoms with E-state index >= 15 is 0 Å². The van der Waals surface area contributed by atoms with Crippen LogP contribution in [0.1, 0.15) is 18.0 Å². The van der Waals surface area contributed by atoms with Crippen molar-refractivity contribution in [2.45, 2.75) is 25.1 Å². The van der Waals surface area contributed by atoms with Gasteiger partial charge in [-0.3, -0.25) is 9.48 Å². The number of fused-ring (bicyclic) bond motifs is 1. The molecular formula is C19H18FN3O2. The van der Waals surface area contributed by atoms with Crippen molar-refractivity contribution in [2.75, 3.05) is 6.54 Å². The molecule has 6 heteroatoms. The van der Waals surface area contributed by atoms with E-state index in [4.69, 9.17) is 0 Å². The van der Waals surface area contributed by atoms with Crippen molar-refractivity contribution in [3.05, 3.63) is 66.1 Å². The minimum atomic E-state index is -0.605. The number of amides is 1. The molecule has 3 aromatic rings. The van der Waals surface area contributed by atoms with Gasteiger partial charge in [0.25, 0.3) is 0 Å². The minimum absolute atomic E-state index is 0.0893. The quantitative estimate of drug-likeness (QED) is 0.798. The van der Waals surface area contributed by atoms with Gasteiger partial charge in [0.15, 0.2) is 0 Å². The molecule has 0 radical (unpaired) electrons. The summed E-state index contributed by atoms with van der Waals surface area (Å²) in [5.41, 5.74) is 1.59. The SMILES string of the molecule is O=C(Cn1ncc2ccccc21)N1C[C@H](O)C[C@H]1c1cccc(F)c1. The van der Waals surface area contributed by atoms with E-state index in [1.807, 2.05) is 24.3 Å². The molecule has 2 aromatic carbocycles. The van der Waals surface area contributed by atoms with E-state index in [-0.39, 0.29) is 30.9 Å². The summed E-state index contributed by atoms with van der Waals surface area (Å²) < 4.78 is 15.2. The monoisotopic (exact) mass is 339 g/mol. The lowest BCUT2D eigenvalue weighted by Crippen LogP contribution is -2.34. The number of likely N-dealkylation sites (tertiary alicyclic amines) is 1. The highest BCUT2D eigenvalue weighted by molar-refractivity contribution is 5.82. The van der Waals surface area contributed by atoms with Crippen molar-refractivity contribution in [1.82, 2.24) is 14.7 Å². The first-order valence-corrected chi connectivity index (χ1v) is 8.25. The smallest absolute Gasteiger partial charge is 0.244 e. The molecule has 0 saturated carbocycles. The number of aromatic nitrogens is 2. The lowest BCUT2D eigenvalue weighted by atomic mass is 10.0. The minimum Gasteiger partial charge on any atom is -0.391 e. The van der Waals surface area contributed by atoms with Crippen LogP contribution in [0.15, 0.2) is 54.7 Å². The molecule has 25 heavy (non-hydrogen) atoms. The lowest BCUT2D eigenvalue weighted by Gasteiger charge is -2.25. The van der Waals surface area contributed by atoms with Crippen molar-refractivity contribution in [3.63, 3.8) is 0 Å². The Bertz CT molecular complexity index is 924. The number of hydrogen-bond acceptors (Lipinski definition) is 3. The van der Waals surface area contributed by atoms with Crippen molar-refractivity contribution >= 4 is 16.8 Å². The molecule has 1 aliphatic heterocycles. The highest BCUT2D eigenvalue weighted by atomic mass is 19.1. The van der Waals surface area contributed by atoms with Crippen LogP contribution in [-0.2, 0) is 11.3 Å². The second-order valence-corrected chi connectivity index (χ2v) is 6.37. The zero-order chi connectivity index (χ0) is 17.4. The second-order valence-electron chi connectivity index (χ2n) is 6.37. The Morgan fingerprint density at radius 2 is 2.08 bits per heavy atom. The van der Waals surface area contributed by atoms with Crippen LogP contribution in [0.3, 0.4) is 0 Å². The number of nitrogens with zero attached hydrogens (tertiary/aromatic N) is 3. The van der Waals surface area contributed by atoms with E-state index in [0.717, 1.165) is 10.9 Å². The molecule has 1 aliphatic rings. The van der Waals surface area contributed by atoms with E-state index in [9.17, 15) is 14.3 Å². The standard InChI is InChI=1S/C19H18FN3O2/c20-15-6-3-5-13(8-15)18-9-16(24)11-22(18)19(25)12-23-17-7-2-1-4-14(17)10-21-23/h1-8,10,16,18,24H,9,11-12H2/t16-,18+/m1/s1. The summed E-state index contributed by atoms with van der Waals surface area (Å²) in [4.78, 5) is 14.5. The summed E-state index contributed by atoms with van der Waals surface area (Å²) in [5, 5.41) is 15.3. The Hall–Kier alpha value is -2.73. The lowest BCUT2D eigenvalue weighted by molar-refractivity contribution is -0.133. The molecule has 2 atom stereocenters. The fourth-order valence-corrected chi connectivity index (χ4v) is 3.49. The molecule has 1 fully saturated rings. The van der Waals surface area contributed by atoms with Gasteiger partial charge in [-0.05, 0) is 30.2 Å². The molecular weight excluding hydrogens is 321 g/mol. The number of β-amino-alcohol motifs (C(OH)–C–C–N with tert-alkyl or cyclic N) is 1. The highest BCUT2D eigenvalue weighted by Crippen LogP contribution is 2.32. The van der Waals surface area contributed by atoms with Crippen LogP contribution in [-0.4, -0.2) is 38.3 Å². The zero-order valence-corrected chi connectivity index (χ0v) is 13.5. The van der Waals surface area contributed by atoms with E-state index in [0.29, 0.717) is 12.0 Å². The molecule has 2 heterocycles. The first kappa shape index (κ1) is 15.8. The second kappa shape index (κ2) is 6.29. The van der Waals surface area contributed by atoms with E-state index in [2.05, 4.69) is 5.10 Å². The van der Waals surface area contributed by atoms with E-state index in [1.165, 1.54) is 12.1 Å². The zero-order valence-electron chi connectivity index (χ0n) is 13.5. The number of hydrogen-bond donors (Lipinski definition) is 1. The van der Waals surface area contributed by atoms with Gasteiger partial charge in [0.05, 0.1) is 23.9 Å². The Morgan fingerprint density at radius 1 is 1.24 bits per heavy atom. The summed E-state index contributed by atoms with van der Waals surface area (Å²) in [6, 6.07) is 13.6. The van der Waals surface area contributed by atoms with Crippen LogP contribution in [0.5, 0.6) is 0 Å². The number of carbonyl (C=O) groups excluding carboxylic acids is 1. The van der Waals surface area contributed by atoms with Crippen LogP contribution in [0.4, 0.5) is 4.39 Å². The predicted octanol–water partition coefficient (Wildman–Crippen LogP) is 2.51. The number of benzene rings is 2. The van der Waals surface area contributed by atoms with Gasteiger partial charge in [-0.2, -0.15) is 5.10 Å². The Balaban J connectivity index is 1.59. The van der Waals surface area contributed by atoms with Crippen LogP contribution < -0.4 is 0 Å². The van der Waals surface area contributed by atoms with Gasteiger partial charge in [0.2, 0.25) is 5.91 Å². The topological polar surface area (TPSA) is 58.4 Å². The number of para-hydroxylation sites is 1. The molecule has 0 aliphatic carbocycles. The average Bonchev–Trinajstić information content (AvgIpc) is 3.19. The maximum absolute atomic E-state index is 13.5. The van der Waals surface area contributed by atoms with E-state index in [1.54, 1.807) is 27.9 Å². The van der Waals surface area contributed by atoms with Crippen molar-refractivity contribution in [2.24, 2.45) is 0 Å². The Morgan fingerprint density at radius 3 is 2.92 bits per heavy atom. The Kier molecular flexibility index (Phi) is 3.97. The first-order valence-electron chi connectivity index (χ1n) is 8.25. The molecule has 1 saturated heterocycles. The average molecular weight is 339 g/mol. The number of halogens is 1. The third-order valence-electron chi connectivity index (χ3n) is 4.67. The fourth-order valence-electron chi connectivity index (χ4n) is 3.49. The Labute approximate surface area is 144 Å². The summed E-state index contributed by atoms with van der Waals surface area (Å²) in [5.74, 6) is -0.482. The molecule has 0 unspecified atom stereocenters. The normalized spacial score (nSPS) is 20.3. The summed E-state index contributed by atoms with van der Waals surface area (Å²) >= 11 is 0. The first-order chi connectivity index (χ1) is 12.1. The molecule has 5 nitrogen and oxygen atoms in total. The largest absolute Gasteiger partial charge is 0.391 e.